The third-order valence-electron chi connectivity index (χ3n) is 10.8. The van der Waals surface area contributed by atoms with Crippen molar-refractivity contribution in [3.05, 3.63) is 83.6 Å². The van der Waals surface area contributed by atoms with Crippen LogP contribution in [0.5, 0.6) is 0 Å². The zero-order chi connectivity index (χ0) is 25.2. The highest BCUT2D eigenvalue weighted by molar-refractivity contribution is 6.00. The van der Waals surface area contributed by atoms with Gasteiger partial charge < -0.3 is 9.64 Å². The van der Waals surface area contributed by atoms with Crippen LogP contribution in [-0.2, 0) is 14.9 Å². The molecule has 0 N–H and O–H groups in total. The number of aryl methyl sites for hydroxylation is 1. The fourth-order valence-corrected chi connectivity index (χ4v) is 9.48. The third kappa shape index (κ3) is 2.55. The molecule has 6 atom stereocenters. The molecule has 3 aromatic rings. The predicted molar refractivity (Wildman–Crippen MR) is 147 cm³/mol. The number of hydrogen-bond acceptors (Lipinski definition) is 4. The molecule has 5 aliphatic heterocycles. The fourth-order valence-electron chi connectivity index (χ4n) is 9.48. The zero-order valence-corrected chi connectivity index (χ0v) is 21.6. The molecule has 2 bridgehead atoms. The van der Waals surface area contributed by atoms with E-state index in [1.54, 1.807) is 5.57 Å². The highest BCUT2D eigenvalue weighted by Gasteiger charge is 2.71. The van der Waals surface area contributed by atoms with Gasteiger partial charge >= 0.3 is 0 Å². The quantitative estimate of drug-likeness (QED) is 0.457. The molecule has 6 aliphatic rings. The van der Waals surface area contributed by atoms with Crippen molar-refractivity contribution in [2.75, 3.05) is 24.6 Å². The van der Waals surface area contributed by atoms with Gasteiger partial charge in [-0.2, -0.15) is 0 Å². The van der Waals surface area contributed by atoms with Gasteiger partial charge in [0.1, 0.15) is 0 Å². The number of pyridine rings is 1. The molecule has 1 aliphatic carbocycles. The van der Waals surface area contributed by atoms with Crippen LogP contribution in [0, 0.1) is 18.8 Å². The topological polar surface area (TPSA) is 45.7 Å². The van der Waals surface area contributed by atoms with E-state index in [1.807, 2.05) is 12.3 Å². The number of hydrogen-bond donors (Lipinski definition) is 0. The first-order chi connectivity index (χ1) is 18.6. The number of nitrogens with zero attached hydrogens (tertiary/aromatic N) is 3. The van der Waals surface area contributed by atoms with E-state index in [0.29, 0.717) is 30.9 Å². The van der Waals surface area contributed by atoms with Crippen LogP contribution in [0.15, 0.2) is 72.4 Å². The minimum absolute atomic E-state index is 0.0188. The Hall–Kier alpha value is -3.28. The van der Waals surface area contributed by atoms with Gasteiger partial charge in [0.25, 0.3) is 0 Å². The molecule has 5 heteroatoms. The van der Waals surface area contributed by atoms with Crippen LogP contribution in [0.25, 0.3) is 22.4 Å². The largest absolute Gasteiger partial charge is 0.373 e. The van der Waals surface area contributed by atoms with Crippen molar-refractivity contribution in [2.45, 2.75) is 49.8 Å². The molecule has 1 amide bonds. The number of ether oxygens (including phenoxy) is 1. The third-order valence-corrected chi connectivity index (χ3v) is 10.8. The van der Waals surface area contributed by atoms with E-state index in [4.69, 9.17) is 9.72 Å². The summed E-state index contributed by atoms with van der Waals surface area (Å²) in [4.78, 5) is 23.5. The van der Waals surface area contributed by atoms with Crippen LogP contribution in [0.1, 0.15) is 30.4 Å². The summed E-state index contributed by atoms with van der Waals surface area (Å²) in [6.45, 7) is 5.01. The molecular weight excluding hydrogens is 470 g/mol. The SMILES string of the molecule is Cc1cccc(-c2ccc3c(c2)[C@@]24CCN5CC6=CCO[C@H]7CC(=O)N3[C@H]2[C@H]7[C@H]6C[C@H]54)c1-c1ccccn1. The van der Waals surface area contributed by atoms with E-state index < -0.39 is 0 Å². The molecule has 1 aromatic heterocycles. The molecule has 3 saturated heterocycles. The zero-order valence-electron chi connectivity index (χ0n) is 21.6. The number of benzene rings is 2. The number of carbonyl (C=O) groups is 1. The molecule has 1 saturated carbocycles. The molecule has 2 aromatic carbocycles. The number of rotatable bonds is 2. The molecule has 38 heavy (non-hydrogen) atoms. The minimum Gasteiger partial charge on any atom is -0.373 e. The molecule has 1 spiro atoms. The van der Waals surface area contributed by atoms with Crippen molar-refractivity contribution < 1.29 is 9.53 Å². The van der Waals surface area contributed by atoms with Crippen molar-refractivity contribution in [1.82, 2.24) is 9.88 Å². The van der Waals surface area contributed by atoms with E-state index in [0.717, 1.165) is 30.9 Å². The van der Waals surface area contributed by atoms with Crippen molar-refractivity contribution in [3.63, 3.8) is 0 Å². The van der Waals surface area contributed by atoms with Crippen LogP contribution in [-0.4, -0.2) is 53.7 Å². The second-order valence-corrected chi connectivity index (χ2v) is 12.2. The van der Waals surface area contributed by atoms with Crippen LogP contribution in [0.3, 0.4) is 0 Å². The lowest BCUT2D eigenvalue weighted by Crippen LogP contribution is -2.69. The normalized spacial score (nSPS) is 34.1. The first-order valence-electron chi connectivity index (χ1n) is 14.2. The Morgan fingerprint density at radius 2 is 2.05 bits per heavy atom. The number of anilines is 1. The van der Waals surface area contributed by atoms with Crippen LogP contribution < -0.4 is 4.90 Å². The number of fused-ring (bicyclic) bond motifs is 2. The molecule has 190 valence electrons. The van der Waals surface area contributed by atoms with Gasteiger partial charge in [-0.25, -0.2) is 0 Å². The lowest BCUT2D eigenvalue weighted by Gasteiger charge is -2.58. The number of piperidine rings is 2. The second kappa shape index (κ2) is 7.43. The smallest absolute Gasteiger partial charge is 0.229 e. The lowest BCUT2D eigenvalue weighted by atomic mass is 9.53. The highest BCUT2D eigenvalue weighted by atomic mass is 16.5. The van der Waals surface area contributed by atoms with Crippen LogP contribution in [0.2, 0.25) is 0 Å². The molecule has 0 unspecified atom stereocenters. The Balaban J connectivity index is 1.27. The molecular formula is C33H31N3O2. The van der Waals surface area contributed by atoms with Gasteiger partial charge in [-0.05, 0) is 78.7 Å². The van der Waals surface area contributed by atoms with Crippen LogP contribution >= 0.6 is 0 Å². The monoisotopic (exact) mass is 501 g/mol. The first-order valence-corrected chi connectivity index (χ1v) is 14.2. The highest BCUT2D eigenvalue weighted by Crippen LogP contribution is 2.66. The summed E-state index contributed by atoms with van der Waals surface area (Å²) >= 11 is 0. The number of carbonyl (C=O) groups excluding carboxylic acids is 1. The number of amides is 1. The van der Waals surface area contributed by atoms with Gasteiger partial charge in [0.05, 0.1) is 30.9 Å². The lowest BCUT2D eigenvalue weighted by molar-refractivity contribution is -0.132. The predicted octanol–water partition coefficient (Wildman–Crippen LogP) is 5.13. The minimum atomic E-state index is -0.0188. The summed E-state index contributed by atoms with van der Waals surface area (Å²) in [6, 6.07) is 20.3. The molecule has 4 fully saturated rings. The standard InChI is InChI=1S/C33H31N3O2/c1-19-5-4-6-22(30(19)25-7-2-3-12-34-25)20-8-9-26-24(15-20)33-11-13-35-18-21-10-14-38-27-17-29(37)36(26)32(33)31(27)23(21)16-28(33)35/h2-10,12,15,23,27-28,31-32H,11,13-14,16-18H2,1H3/t23-,27-,28-,31-,32-,33+/m0/s1. The van der Waals surface area contributed by atoms with E-state index in [-0.39, 0.29) is 23.5 Å². The fraction of sp³-hybridized carbons (Fsp3) is 0.394. The Kier molecular flexibility index (Phi) is 4.23. The van der Waals surface area contributed by atoms with E-state index in [2.05, 4.69) is 71.3 Å². The van der Waals surface area contributed by atoms with Gasteiger partial charge in [0.15, 0.2) is 0 Å². The maximum absolute atomic E-state index is 13.8. The summed E-state index contributed by atoms with van der Waals surface area (Å²) in [5.74, 6) is 1.17. The van der Waals surface area contributed by atoms with Crippen molar-refractivity contribution in [3.8, 4) is 22.4 Å². The summed E-state index contributed by atoms with van der Waals surface area (Å²) in [5.41, 5.74) is 9.95. The number of aromatic nitrogens is 1. The second-order valence-electron chi connectivity index (χ2n) is 12.2. The Bertz CT molecular complexity index is 1550. The molecule has 6 heterocycles. The average molecular weight is 502 g/mol. The van der Waals surface area contributed by atoms with Gasteiger partial charge in [-0.15, -0.1) is 0 Å². The summed E-state index contributed by atoms with van der Waals surface area (Å²) < 4.78 is 6.41. The molecule has 9 rings (SSSR count). The maximum Gasteiger partial charge on any atom is 0.229 e. The summed E-state index contributed by atoms with van der Waals surface area (Å²) in [6.07, 6.45) is 7.07. The van der Waals surface area contributed by atoms with E-state index >= 15 is 0 Å². The van der Waals surface area contributed by atoms with Gasteiger partial charge in [-0.1, -0.05) is 42.0 Å². The first kappa shape index (κ1) is 21.6. The Morgan fingerprint density at radius 1 is 1.11 bits per heavy atom. The Morgan fingerprint density at radius 3 is 2.95 bits per heavy atom. The van der Waals surface area contributed by atoms with Gasteiger partial charge in [0, 0.05) is 41.4 Å². The van der Waals surface area contributed by atoms with E-state index in [1.165, 1.54) is 34.2 Å². The molecule has 0 radical (unpaired) electrons. The van der Waals surface area contributed by atoms with Crippen molar-refractivity contribution >= 4 is 11.6 Å². The van der Waals surface area contributed by atoms with E-state index in [9.17, 15) is 4.79 Å². The summed E-state index contributed by atoms with van der Waals surface area (Å²) in [7, 11) is 0. The van der Waals surface area contributed by atoms with Crippen molar-refractivity contribution in [2.24, 2.45) is 11.8 Å². The summed E-state index contributed by atoms with van der Waals surface area (Å²) in [5, 5.41) is 0. The Labute approximate surface area is 223 Å². The van der Waals surface area contributed by atoms with Crippen molar-refractivity contribution in [1.29, 1.82) is 0 Å². The average Bonchev–Trinajstić information content (AvgIpc) is 3.41. The van der Waals surface area contributed by atoms with Crippen LogP contribution in [0.4, 0.5) is 5.69 Å². The maximum atomic E-state index is 13.8. The molecule has 5 nitrogen and oxygen atoms in total. The van der Waals surface area contributed by atoms with Gasteiger partial charge in [0.2, 0.25) is 5.91 Å². The van der Waals surface area contributed by atoms with Gasteiger partial charge in [-0.3, -0.25) is 14.7 Å².